The zero-order chi connectivity index (χ0) is 27.8. The van der Waals surface area contributed by atoms with Gasteiger partial charge in [-0.05, 0) is 74.0 Å². The Bertz CT molecular complexity index is 1640. The van der Waals surface area contributed by atoms with Crippen molar-refractivity contribution in [1.29, 1.82) is 0 Å². The fraction of sp³-hybridized carbons (Fsp3) is 0.172. The Morgan fingerprint density at radius 3 is 2.36 bits per heavy atom. The van der Waals surface area contributed by atoms with Crippen LogP contribution in [0.1, 0.15) is 41.4 Å². The topological polar surface area (TPSA) is 142 Å². The maximum Gasteiger partial charge on any atom is 0.335 e. The molecule has 3 N–H and O–H groups in total. The van der Waals surface area contributed by atoms with Gasteiger partial charge in [0.25, 0.3) is 5.78 Å². The summed E-state index contributed by atoms with van der Waals surface area (Å²) in [6, 6.07) is 16.6. The third kappa shape index (κ3) is 4.68. The van der Waals surface area contributed by atoms with Crippen LogP contribution in [0.2, 0.25) is 0 Å². The Kier molecular flexibility index (Phi) is 6.53. The van der Waals surface area contributed by atoms with Crippen molar-refractivity contribution in [3.05, 3.63) is 89.0 Å². The summed E-state index contributed by atoms with van der Waals surface area (Å²) < 4.78 is 11.0. The molecule has 1 unspecified atom stereocenters. The molecule has 10 heteroatoms. The fourth-order valence-electron chi connectivity index (χ4n) is 4.54. The van der Waals surface area contributed by atoms with Gasteiger partial charge in [-0.15, -0.1) is 0 Å². The number of fused-ring (bicyclic) bond motifs is 1. The van der Waals surface area contributed by atoms with Crippen LogP contribution in [-0.2, 0) is 9.59 Å². The molecular weight excluding hydrogens is 502 g/mol. The predicted octanol–water partition coefficient (Wildman–Crippen LogP) is 4.68. The summed E-state index contributed by atoms with van der Waals surface area (Å²) in [5.41, 5.74) is 1.51. The molecule has 1 atom stereocenters. The molecule has 2 heterocycles. The van der Waals surface area contributed by atoms with E-state index in [9.17, 15) is 24.6 Å². The molecule has 3 aromatic carbocycles. The Morgan fingerprint density at radius 1 is 0.974 bits per heavy atom. The second-order valence-electron chi connectivity index (χ2n) is 9.23. The lowest BCUT2D eigenvalue weighted by Gasteiger charge is -2.23. The molecule has 4 aromatic rings. The van der Waals surface area contributed by atoms with Gasteiger partial charge in [-0.2, -0.15) is 0 Å². The third-order valence-corrected chi connectivity index (χ3v) is 6.30. The number of aromatic amines is 1. The number of imidazole rings is 1. The number of carbonyl (C=O) groups is 3. The first-order chi connectivity index (χ1) is 18.7. The number of Topliss-reactive ketones (excluding diaryl/α,β-unsaturated/α-hetero) is 1. The molecule has 39 heavy (non-hydrogen) atoms. The Hall–Kier alpha value is -5.12. The van der Waals surface area contributed by atoms with Gasteiger partial charge in [0.15, 0.2) is 0 Å². The number of benzene rings is 3. The van der Waals surface area contributed by atoms with Crippen molar-refractivity contribution in [1.82, 2.24) is 9.97 Å². The molecule has 1 saturated heterocycles. The summed E-state index contributed by atoms with van der Waals surface area (Å²) in [6.45, 7) is 3.79. The highest BCUT2D eigenvalue weighted by Gasteiger charge is 2.48. The lowest BCUT2D eigenvalue weighted by atomic mass is 9.95. The first-order valence-corrected chi connectivity index (χ1v) is 12.1. The SMILES string of the molecule is COc1cccc(C2/C(=C(\O)c3ccc(OC(C)C)cc3)C(=O)C(=O)N2c2nc3ccc(C(=O)O)cc3[nH]2)c1. The second-order valence-corrected chi connectivity index (χ2v) is 9.23. The number of nitrogens with one attached hydrogen (secondary N) is 1. The second kappa shape index (κ2) is 9.97. The van der Waals surface area contributed by atoms with Crippen LogP contribution >= 0.6 is 0 Å². The van der Waals surface area contributed by atoms with Gasteiger partial charge in [-0.25, -0.2) is 9.78 Å². The number of amides is 1. The van der Waals surface area contributed by atoms with Gasteiger partial charge in [-0.1, -0.05) is 12.1 Å². The predicted molar refractivity (Wildman–Crippen MR) is 143 cm³/mol. The van der Waals surface area contributed by atoms with E-state index in [1.165, 1.54) is 30.2 Å². The zero-order valence-electron chi connectivity index (χ0n) is 21.3. The number of methoxy groups -OCH3 is 1. The number of carboxylic acids is 1. The number of ether oxygens (including phenoxy) is 2. The maximum atomic E-state index is 13.4. The van der Waals surface area contributed by atoms with Crippen molar-refractivity contribution in [3.8, 4) is 11.5 Å². The van der Waals surface area contributed by atoms with Crippen molar-refractivity contribution in [2.75, 3.05) is 12.0 Å². The van der Waals surface area contributed by atoms with Crippen LogP contribution in [-0.4, -0.2) is 51.1 Å². The summed E-state index contributed by atoms with van der Waals surface area (Å²) in [4.78, 5) is 46.9. The monoisotopic (exact) mass is 527 g/mol. The van der Waals surface area contributed by atoms with E-state index in [1.807, 2.05) is 13.8 Å². The smallest absolute Gasteiger partial charge is 0.335 e. The average molecular weight is 528 g/mol. The Balaban J connectivity index is 1.67. The minimum Gasteiger partial charge on any atom is -0.507 e. The van der Waals surface area contributed by atoms with Gasteiger partial charge in [0.1, 0.15) is 17.3 Å². The number of hydrogen-bond donors (Lipinski definition) is 3. The van der Waals surface area contributed by atoms with Crippen LogP contribution < -0.4 is 14.4 Å². The summed E-state index contributed by atoms with van der Waals surface area (Å²) in [5, 5.41) is 20.7. The number of carbonyl (C=O) groups excluding carboxylic acids is 2. The molecule has 1 fully saturated rings. The van der Waals surface area contributed by atoms with Crippen molar-refractivity contribution in [2.24, 2.45) is 0 Å². The van der Waals surface area contributed by atoms with E-state index >= 15 is 0 Å². The van der Waals surface area contributed by atoms with Crippen molar-refractivity contribution in [3.63, 3.8) is 0 Å². The molecule has 5 rings (SSSR count). The van der Waals surface area contributed by atoms with E-state index < -0.39 is 23.7 Å². The first-order valence-electron chi connectivity index (χ1n) is 12.1. The van der Waals surface area contributed by atoms with Crippen molar-refractivity contribution < 1.29 is 34.1 Å². The van der Waals surface area contributed by atoms with Crippen LogP contribution in [0.5, 0.6) is 11.5 Å². The van der Waals surface area contributed by atoms with E-state index in [1.54, 1.807) is 48.5 Å². The number of nitrogens with zero attached hydrogens (tertiary/aromatic N) is 2. The minimum atomic E-state index is -1.12. The first kappa shape index (κ1) is 25.5. The summed E-state index contributed by atoms with van der Waals surface area (Å²) in [6.07, 6.45) is -0.0433. The molecule has 0 spiro atoms. The highest BCUT2D eigenvalue weighted by atomic mass is 16.5. The van der Waals surface area contributed by atoms with E-state index in [0.29, 0.717) is 33.7 Å². The van der Waals surface area contributed by atoms with Crippen LogP contribution in [0.4, 0.5) is 5.95 Å². The molecule has 1 amide bonds. The number of aromatic carboxylic acids is 1. The van der Waals surface area contributed by atoms with E-state index in [2.05, 4.69) is 9.97 Å². The number of hydrogen-bond acceptors (Lipinski definition) is 7. The maximum absolute atomic E-state index is 13.4. The minimum absolute atomic E-state index is 0.0298. The number of rotatable bonds is 7. The largest absolute Gasteiger partial charge is 0.507 e. The van der Waals surface area contributed by atoms with Gasteiger partial charge in [-0.3, -0.25) is 14.5 Å². The van der Waals surface area contributed by atoms with E-state index in [-0.39, 0.29) is 28.9 Å². The van der Waals surface area contributed by atoms with E-state index in [0.717, 1.165) is 0 Å². The Morgan fingerprint density at radius 2 is 1.69 bits per heavy atom. The van der Waals surface area contributed by atoms with Gasteiger partial charge in [0, 0.05) is 5.56 Å². The standard InChI is InChI=1S/C29H25N3O7/c1-15(2)39-19-10-7-16(8-11-19)25(33)23-24(17-5-4-6-20(13-17)38-3)32(27(35)26(23)34)29-30-21-12-9-18(28(36)37)14-22(21)31-29/h4-15,24,33H,1-3H3,(H,30,31)(H,36,37)/b25-23+. The Labute approximate surface area is 223 Å². The van der Waals surface area contributed by atoms with Gasteiger partial charge < -0.3 is 24.7 Å². The molecule has 0 aliphatic carbocycles. The van der Waals surface area contributed by atoms with Crippen LogP contribution in [0.15, 0.2) is 72.3 Å². The summed E-state index contributed by atoms with van der Waals surface area (Å²) in [5.74, 6) is -2.16. The number of anilines is 1. The molecule has 0 saturated carbocycles. The molecule has 10 nitrogen and oxygen atoms in total. The molecule has 1 aliphatic heterocycles. The lowest BCUT2D eigenvalue weighted by Crippen LogP contribution is -2.30. The number of aromatic nitrogens is 2. The summed E-state index contributed by atoms with van der Waals surface area (Å²) >= 11 is 0. The van der Waals surface area contributed by atoms with Crippen LogP contribution in [0, 0.1) is 0 Å². The molecular formula is C29H25N3O7. The highest BCUT2D eigenvalue weighted by Crippen LogP contribution is 2.42. The van der Waals surface area contributed by atoms with Gasteiger partial charge >= 0.3 is 11.9 Å². The molecule has 198 valence electrons. The van der Waals surface area contributed by atoms with Crippen molar-refractivity contribution >= 4 is 40.4 Å². The fourth-order valence-corrected chi connectivity index (χ4v) is 4.54. The quantitative estimate of drug-likeness (QED) is 0.179. The zero-order valence-corrected chi connectivity index (χ0v) is 21.3. The average Bonchev–Trinajstić information content (AvgIpc) is 3.46. The van der Waals surface area contributed by atoms with Gasteiger partial charge in [0.05, 0.1) is 41.4 Å². The van der Waals surface area contributed by atoms with Crippen LogP contribution in [0.25, 0.3) is 16.8 Å². The molecule has 1 aliphatic rings. The molecule has 0 bridgehead atoms. The normalized spacial score (nSPS) is 16.7. The summed E-state index contributed by atoms with van der Waals surface area (Å²) in [7, 11) is 1.50. The van der Waals surface area contributed by atoms with E-state index in [4.69, 9.17) is 9.47 Å². The number of aliphatic hydroxyl groups excluding tert-OH is 1. The number of carboxylic acid groups (broad SMARTS) is 1. The molecule has 1 aromatic heterocycles. The van der Waals surface area contributed by atoms with Crippen molar-refractivity contribution in [2.45, 2.75) is 26.0 Å². The highest BCUT2D eigenvalue weighted by molar-refractivity contribution is 6.51. The number of aliphatic hydroxyl groups is 1. The van der Waals surface area contributed by atoms with Crippen LogP contribution in [0.3, 0.4) is 0 Å². The van der Waals surface area contributed by atoms with Gasteiger partial charge in [0.2, 0.25) is 5.95 Å². The number of ketones is 1. The third-order valence-electron chi connectivity index (χ3n) is 6.30. The molecule has 0 radical (unpaired) electrons. The number of H-pyrrole nitrogens is 1. The lowest BCUT2D eigenvalue weighted by molar-refractivity contribution is -0.132.